The molecule has 0 heterocycles. The van der Waals surface area contributed by atoms with E-state index in [1.54, 1.807) is 0 Å². The molecule has 3 heteroatoms. The van der Waals surface area contributed by atoms with Crippen molar-refractivity contribution in [2.24, 2.45) is 5.92 Å². The lowest BCUT2D eigenvalue weighted by Gasteiger charge is -2.17. The van der Waals surface area contributed by atoms with Crippen LogP contribution in [0.15, 0.2) is 12.2 Å². The molecule has 0 bridgehead atoms. The van der Waals surface area contributed by atoms with Crippen molar-refractivity contribution < 1.29 is 5.11 Å². The van der Waals surface area contributed by atoms with Gasteiger partial charge in [0.1, 0.15) is 0 Å². The average molecular weight is 267 g/mol. The molecule has 2 nitrogen and oxygen atoms in total. The molecular formula is C8H14INO. The zero-order valence-electron chi connectivity index (χ0n) is 6.68. The summed E-state index contributed by atoms with van der Waals surface area (Å²) in [5.41, 5.74) is 0.340. The summed E-state index contributed by atoms with van der Waals surface area (Å²) in [6.45, 7) is 2.34. The van der Waals surface area contributed by atoms with Gasteiger partial charge in [0.2, 0.25) is 0 Å². The van der Waals surface area contributed by atoms with E-state index in [2.05, 4.69) is 39.4 Å². The van der Waals surface area contributed by atoms with Crippen molar-refractivity contribution in [3.63, 3.8) is 0 Å². The predicted molar refractivity (Wildman–Crippen MR) is 54.5 cm³/mol. The van der Waals surface area contributed by atoms with Crippen LogP contribution in [-0.4, -0.2) is 17.3 Å². The molecule has 2 N–H and O–H groups in total. The number of hydrogen-bond donors (Lipinski definition) is 2. The minimum absolute atomic E-state index is 0.154. The van der Waals surface area contributed by atoms with E-state index >= 15 is 0 Å². The van der Waals surface area contributed by atoms with Gasteiger partial charge in [-0.2, -0.15) is 0 Å². The second-order valence-corrected chi connectivity index (χ2v) is 3.69. The molecule has 0 aliphatic heterocycles. The molecule has 0 aromatic heterocycles. The number of aliphatic hydroxyl groups excluding tert-OH is 1. The van der Waals surface area contributed by atoms with Crippen LogP contribution in [-0.2, 0) is 0 Å². The third-order valence-corrected chi connectivity index (χ3v) is 3.45. The molecule has 0 saturated heterocycles. The standard InChI is InChI=1S/C8H14INO/c1-7(3-2-6-11)8(10-9)4-5-8/h2-3,7,10-11H,4-6H2,1H3/b3-2+. The van der Waals surface area contributed by atoms with E-state index in [1.165, 1.54) is 12.8 Å². The first-order valence-corrected chi connectivity index (χ1v) is 4.98. The van der Waals surface area contributed by atoms with Crippen LogP contribution in [0.2, 0.25) is 0 Å². The van der Waals surface area contributed by atoms with Gasteiger partial charge >= 0.3 is 0 Å². The van der Waals surface area contributed by atoms with Crippen LogP contribution in [0.5, 0.6) is 0 Å². The summed E-state index contributed by atoms with van der Waals surface area (Å²) in [5, 5.41) is 8.56. The van der Waals surface area contributed by atoms with E-state index in [9.17, 15) is 0 Å². The molecule has 0 spiro atoms. The van der Waals surface area contributed by atoms with Gasteiger partial charge in [-0.3, -0.25) is 3.53 Å². The van der Waals surface area contributed by atoms with E-state index in [1.807, 2.05) is 6.08 Å². The third-order valence-electron chi connectivity index (χ3n) is 2.38. The van der Waals surface area contributed by atoms with Gasteiger partial charge in [0.05, 0.1) is 6.61 Å². The van der Waals surface area contributed by atoms with Gasteiger partial charge < -0.3 is 5.11 Å². The predicted octanol–water partition coefficient (Wildman–Crippen LogP) is 1.64. The average Bonchev–Trinajstić information content (AvgIpc) is 2.80. The van der Waals surface area contributed by atoms with Crippen LogP contribution in [0.1, 0.15) is 19.8 Å². The van der Waals surface area contributed by atoms with Crippen molar-refractivity contribution in [3.05, 3.63) is 12.2 Å². The molecule has 1 atom stereocenters. The smallest absolute Gasteiger partial charge is 0.0612 e. The lowest BCUT2D eigenvalue weighted by Crippen LogP contribution is -2.29. The van der Waals surface area contributed by atoms with Gasteiger partial charge in [0.15, 0.2) is 0 Å². The number of nitrogens with one attached hydrogen (secondary N) is 1. The van der Waals surface area contributed by atoms with E-state index in [4.69, 9.17) is 5.11 Å². The summed E-state index contributed by atoms with van der Waals surface area (Å²) in [6, 6.07) is 0. The van der Waals surface area contributed by atoms with E-state index in [0.29, 0.717) is 11.5 Å². The van der Waals surface area contributed by atoms with Crippen LogP contribution in [0.4, 0.5) is 0 Å². The highest BCUT2D eigenvalue weighted by molar-refractivity contribution is 14.1. The van der Waals surface area contributed by atoms with Gasteiger partial charge in [0.25, 0.3) is 0 Å². The van der Waals surface area contributed by atoms with Gasteiger partial charge in [-0.1, -0.05) is 19.1 Å². The maximum Gasteiger partial charge on any atom is 0.0612 e. The Hall–Kier alpha value is 0.390. The Kier molecular flexibility index (Phi) is 3.33. The minimum Gasteiger partial charge on any atom is -0.392 e. The Morgan fingerprint density at radius 3 is 2.73 bits per heavy atom. The summed E-state index contributed by atoms with van der Waals surface area (Å²) in [7, 11) is 0. The summed E-state index contributed by atoms with van der Waals surface area (Å²) in [6.07, 6.45) is 6.41. The summed E-state index contributed by atoms with van der Waals surface area (Å²) >= 11 is 2.21. The molecule has 0 aromatic carbocycles. The van der Waals surface area contributed by atoms with Crippen molar-refractivity contribution in [1.29, 1.82) is 0 Å². The monoisotopic (exact) mass is 267 g/mol. The van der Waals surface area contributed by atoms with Crippen LogP contribution in [0, 0.1) is 5.92 Å². The van der Waals surface area contributed by atoms with Crippen LogP contribution < -0.4 is 3.53 Å². The molecule has 1 aliphatic rings. The fourth-order valence-corrected chi connectivity index (χ4v) is 2.25. The second kappa shape index (κ2) is 3.87. The Morgan fingerprint density at radius 1 is 1.73 bits per heavy atom. The first-order chi connectivity index (χ1) is 5.25. The molecule has 11 heavy (non-hydrogen) atoms. The fourth-order valence-electron chi connectivity index (χ4n) is 1.22. The van der Waals surface area contributed by atoms with Gasteiger partial charge in [0, 0.05) is 28.4 Å². The normalized spacial score (nSPS) is 23.9. The molecular weight excluding hydrogens is 253 g/mol. The number of halogens is 1. The van der Waals surface area contributed by atoms with Crippen molar-refractivity contribution in [2.75, 3.05) is 6.61 Å². The Balaban J connectivity index is 2.40. The van der Waals surface area contributed by atoms with Crippen molar-refractivity contribution in [3.8, 4) is 0 Å². The fraction of sp³-hybridized carbons (Fsp3) is 0.750. The lowest BCUT2D eigenvalue weighted by molar-refractivity contribution is 0.341. The molecule has 1 rings (SSSR count). The van der Waals surface area contributed by atoms with Crippen molar-refractivity contribution in [2.45, 2.75) is 25.3 Å². The Morgan fingerprint density at radius 2 is 2.36 bits per heavy atom. The summed E-state index contributed by atoms with van der Waals surface area (Å²) in [4.78, 5) is 0. The second-order valence-electron chi connectivity index (χ2n) is 3.15. The van der Waals surface area contributed by atoms with Crippen molar-refractivity contribution >= 4 is 22.9 Å². The van der Waals surface area contributed by atoms with Crippen LogP contribution in [0.25, 0.3) is 0 Å². The first kappa shape index (κ1) is 9.48. The molecule has 0 aromatic rings. The van der Waals surface area contributed by atoms with Gasteiger partial charge in [-0.15, -0.1) is 0 Å². The lowest BCUT2D eigenvalue weighted by atomic mass is 10.0. The number of rotatable bonds is 4. The molecule has 64 valence electrons. The highest BCUT2D eigenvalue weighted by atomic mass is 127. The van der Waals surface area contributed by atoms with E-state index in [0.717, 1.165) is 0 Å². The highest BCUT2D eigenvalue weighted by Gasteiger charge is 2.45. The maximum atomic E-state index is 8.56. The van der Waals surface area contributed by atoms with Gasteiger partial charge in [-0.25, -0.2) is 0 Å². The first-order valence-electron chi connectivity index (χ1n) is 3.90. The molecule has 1 saturated carbocycles. The number of aliphatic hydroxyl groups is 1. The molecule has 0 radical (unpaired) electrons. The largest absolute Gasteiger partial charge is 0.392 e. The van der Waals surface area contributed by atoms with Crippen molar-refractivity contribution in [1.82, 2.24) is 3.53 Å². The molecule has 1 aliphatic carbocycles. The quantitative estimate of drug-likeness (QED) is 0.461. The maximum absolute atomic E-state index is 8.56. The number of hydrogen-bond acceptors (Lipinski definition) is 2. The minimum atomic E-state index is 0.154. The molecule has 1 fully saturated rings. The van der Waals surface area contributed by atoms with E-state index in [-0.39, 0.29) is 6.61 Å². The Bertz CT molecular complexity index is 154. The zero-order valence-corrected chi connectivity index (χ0v) is 8.84. The zero-order chi connectivity index (χ0) is 8.32. The third kappa shape index (κ3) is 2.16. The highest BCUT2D eigenvalue weighted by Crippen LogP contribution is 2.43. The summed E-state index contributed by atoms with van der Waals surface area (Å²) in [5.74, 6) is 0.534. The van der Waals surface area contributed by atoms with Gasteiger partial charge in [-0.05, 0) is 18.8 Å². The molecule has 1 unspecified atom stereocenters. The SMILES string of the molecule is CC(/C=C/CO)C1(NI)CC1. The van der Waals surface area contributed by atoms with E-state index < -0.39 is 0 Å². The summed E-state index contributed by atoms with van der Waals surface area (Å²) < 4.78 is 3.30. The van der Waals surface area contributed by atoms with Crippen LogP contribution in [0.3, 0.4) is 0 Å². The molecule has 0 amide bonds. The Labute approximate surface area is 81.6 Å². The topological polar surface area (TPSA) is 32.3 Å². The van der Waals surface area contributed by atoms with Crippen LogP contribution >= 0.6 is 22.9 Å².